The molecule has 1 aromatic rings. The first kappa shape index (κ1) is 39.7. The van der Waals surface area contributed by atoms with Crippen molar-refractivity contribution in [2.45, 2.75) is 148 Å². The lowest BCUT2D eigenvalue weighted by Crippen LogP contribution is -2.74. The van der Waals surface area contributed by atoms with Gasteiger partial charge < -0.3 is 54.6 Å². The quantitative estimate of drug-likeness (QED) is 0.102. The summed E-state index contributed by atoms with van der Waals surface area (Å²) in [6.45, 7) is 12.9. The van der Waals surface area contributed by atoms with E-state index in [1.165, 1.54) is 0 Å². The average molecular weight is 770 g/mol. The Morgan fingerprint density at radius 3 is 2.33 bits per heavy atom. The molecule has 6 N–H and O–H groups in total. The van der Waals surface area contributed by atoms with E-state index in [4.69, 9.17) is 18.9 Å². The molecule has 1 spiro atoms. The maximum atomic E-state index is 13.6. The first-order chi connectivity index (χ1) is 25.8. The number of carbonyl (C=O) groups is 2. The molecule has 5 aliphatic carbocycles. The number of epoxide rings is 1. The number of esters is 1. The highest BCUT2D eigenvalue weighted by atomic mass is 16.7. The third-order valence-electron chi connectivity index (χ3n) is 17.8. The van der Waals surface area contributed by atoms with Crippen LogP contribution in [0.5, 0.6) is 0 Å². The SMILES string of the molecule is CNc1ccccc1C(=O)O[C@H]1C[C@@]2(C)[C@@H](C[C@@]1(C)C=O)[C@@]13O[C@@H]1C[C@@H]1[C@@]4(C)CC[C@H](O[C@@H]5OC[C@H](O)[C@H](O)[C@H]5O)[C@@](C)(CO)[C@@H]4CC[C@@]1(C)[C@]3(C)C[C@@H]2O. The van der Waals surface area contributed by atoms with Crippen molar-refractivity contribution < 1.29 is 54.1 Å². The van der Waals surface area contributed by atoms with Crippen molar-refractivity contribution in [1.82, 2.24) is 0 Å². The summed E-state index contributed by atoms with van der Waals surface area (Å²) in [5.74, 6) is -0.350. The number of carbonyl (C=O) groups excluding carboxylic acids is 2. The van der Waals surface area contributed by atoms with Crippen LogP contribution in [0.1, 0.15) is 103 Å². The summed E-state index contributed by atoms with van der Waals surface area (Å²) in [7, 11) is 1.75. The number of hydrogen-bond donors (Lipinski definition) is 6. The Kier molecular flexibility index (Phi) is 9.32. The molecule has 2 saturated heterocycles. The van der Waals surface area contributed by atoms with Crippen LogP contribution < -0.4 is 5.32 Å². The predicted molar refractivity (Wildman–Crippen MR) is 201 cm³/mol. The van der Waals surface area contributed by atoms with E-state index in [1.54, 1.807) is 19.2 Å². The highest BCUT2D eigenvalue weighted by Crippen LogP contribution is 2.83. The van der Waals surface area contributed by atoms with Crippen LogP contribution in [-0.2, 0) is 23.7 Å². The van der Waals surface area contributed by atoms with Gasteiger partial charge in [0.1, 0.15) is 36.3 Å². The Bertz CT molecular complexity index is 1690. The van der Waals surface area contributed by atoms with E-state index in [2.05, 4.69) is 39.9 Å². The number of anilines is 1. The van der Waals surface area contributed by atoms with Gasteiger partial charge in [-0.15, -0.1) is 0 Å². The van der Waals surface area contributed by atoms with Gasteiger partial charge in [-0.2, -0.15) is 0 Å². The molecule has 0 radical (unpaired) electrons. The number of aldehydes is 1. The summed E-state index contributed by atoms with van der Waals surface area (Å²) in [6.07, 6.45) is -0.824. The fourth-order valence-corrected chi connectivity index (χ4v) is 14.3. The Morgan fingerprint density at radius 1 is 0.909 bits per heavy atom. The number of fused-ring (bicyclic) bond motifs is 5. The predicted octanol–water partition coefficient (Wildman–Crippen LogP) is 3.84. The second-order valence-electron chi connectivity index (χ2n) is 20.1. The van der Waals surface area contributed by atoms with Gasteiger partial charge in [0.15, 0.2) is 6.29 Å². The van der Waals surface area contributed by atoms with Gasteiger partial charge in [-0.3, -0.25) is 0 Å². The van der Waals surface area contributed by atoms with Gasteiger partial charge in [-0.05, 0) is 93.1 Å². The highest BCUT2D eigenvalue weighted by Gasteiger charge is 2.86. The van der Waals surface area contributed by atoms with Crippen molar-refractivity contribution >= 4 is 17.9 Å². The van der Waals surface area contributed by atoms with Gasteiger partial charge in [-0.25, -0.2) is 4.79 Å². The van der Waals surface area contributed by atoms with Crippen molar-refractivity contribution in [2.24, 2.45) is 50.2 Å². The largest absolute Gasteiger partial charge is 0.458 e. The Hall–Kier alpha value is -2.16. The molecule has 18 atom stereocenters. The molecule has 0 unspecified atom stereocenters. The van der Waals surface area contributed by atoms with E-state index in [0.29, 0.717) is 36.9 Å². The standard InChI is InChI=1S/C43H63NO11/c1-37(21-45)17-28-39(3,19-32(37)53-35(51)23-10-8-9-11-24(23)44-7)29(48)18-42(6)41(5)15-12-26-38(2,27(41)16-31-43(28,42)55-31)14-13-30(40(26,4)22-46)54-36-34(50)33(49)25(47)20-52-36/h8-11,21,25-34,36,44,46-50H,12-20,22H2,1-7H3/t25-,26+,27+,28+,29-,30-,31+,32-,33-,34+,36-,37-,38-,39-,40-,41+,42-,43+/m0/s1. The zero-order valence-corrected chi connectivity index (χ0v) is 33.5. The van der Waals surface area contributed by atoms with Gasteiger partial charge in [0.25, 0.3) is 0 Å². The molecule has 0 aromatic heterocycles. The number of benzene rings is 1. The van der Waals surface area contributed by atoms with Crippen LogP contribution in [-0.4, -0.2) is 113 Å². The first-order valence-corrected chi connectivity index (χ1v) is 20.6. The molecule has 306 valence electrons. The summed E-state index contributed by atoms with van der Waals surface area (Å²) < 4.78 is 25.4. The molecule has 12 nitrogen and oxygen atoms in total. The van der Waals surface area contributed by atoms with Crippen molar-refractivity contribution in [2.75, 3.05) is 25.6 Å². The molecule has 2 aliphatic heterocycles. The maximum Gasteiger partial charge on any atom is 0.340 e. The van der Waals surface area contributed by atoms with Crippen molar-refractivity contribution in [3.63, 3.8) is 0 Å². The van der Waals surface area contributed by atoms with E-state index in [9.17, 15) is 35.1 Å². The van der Waals surface area contributed by atoms with E-state index >= 15 is 0 Å². The van der Waals surface area contributed by atoms with Crippen molar-refractivity contribution in [3.05, 3.63) is 29.8 Å². The lowest BCUT2D eigenvalue weighted by molar-refractivity contribution is -0.317. The maximum absolute atomic E-state index is 13.6. The van der Waals surface area contributed by atoms with Crippen LogP contribution in [0.3, 0.4) is 0 Å². The van der Waals surface area contributed by atoms with E-state index in [1.807, 2.05) is 19.1 Å². The average Bonchev–Trinajstić information content (AvgIpc) is 3.90. The minimum absolute atomic E-state index is 0.0615. The number of ether oxygens (including phenoxy) is 4. The van der Waals surface area contributed by atoms with E-state index in [-0.39, 0.29) is 47.9 Å². The van der Waals surface area contributed by atoms with E-state index in [0.717, 1.165) is 32.0 Å². The molecular weight excluding hydrogens is 706 g/mol. The minimum Gasteiger partial charge on any atom is -0.458 e. The van der Waals surface area contributed by atoms with Crippen LogP contribution in [0.15, 0.2) is 24.3 Å². The zero-order chi connectivity index (χ0) is 39.7. The summed E-state index contributed by atoms with van der Waals surface area (Å²) >= 11 is 0. The minimum atomic E-state index is -1.41. The summed E-state index contributed by atoms with van der Waals surface area (Å²) in [5.41, 5.74) is -2.68. The molecule has 5 saturated carbocycles. The van der Waals surface area contributed by atoms with E-state index < -0.39 is 76.1 Å². The normalized spacial score (nSPS) is 54.0. The number of hydrogen-bond acceptors (Lipinski definition) is 12. The third-order valence-corrected chi connectivity index (χ3v) is 17.8. The first-order valence-electron chi connectivity index (χ1n) is 20.6. The molecule has 55 heavy (non-hydrogen) atoms. The van der Waals surface area contributed by atoms with Gasteiger partial charge in [0, 0.05) is 34.9 Å². The smallest absolute Gasteiger partial charge is 0.340 e. The second kappa shape index (κ2) is 12.9. The van der Waals surface area contributed by atoms with Crippen LogP contribution in [0, 0.1) is 50.2 Å². The zero-order valence-electron chi connectivity index (χ0n) is 33.5. The molecule has 1 aromatic carbocycles. The topological polar surface area (TPSA) is 188 Å². The monoisotopic (exact) mass is 769 g/mol. The molecule has 12 heteroatoms. The van der Waals surface area contributed by atoms with Gasteiger partial charge in [0.05, 0.1) is 42.5 Å². The molecular formula is C43H63NO11. The molecule has 2 heterocycles. The van der Waals surface area contributed by atoms with Gasteiger partial charge >= 0.3 is 5.97 Å². The van der Waals surface area contributed by atoms with Crippen LogP contribution in [0.2, 0.25) is 0 Å². The number of aliphatic hydroxyl groups is 5. The molecule has 7 aliphatic rings. The fourth-order valence-electron chi connectivity index (χ4n) is 14.3. The number of para-hydroxylation sites is 1. The number of nitrogens with one attached hydrogen (secondary N) is 1. The summed E-state index contributed by atoms with van der Waals surface area (Å²) in [5, 5.41) is 57.7. The molecule has 0 bridgehead atoms. The number of aliphatic hydroxyl groups excluding tert-OH is 5. The van der Waals surface area contributed by atoms with Crippen LogP contribution in [0.25, 0.3) is 0 Å². The molecule has 0 amide bonds. The fraction of sp³-hybridized carbons (Fsp3) is 0.814. The van der Waals surface area contributed by atoms with Crippen molar-refractivity contribution in [1.29, 1.82) is 0 Å². The summed E-state index contributed by atoms with van der Waals surface area (Å²) in [6, 6.07) is 7.16. The number of rotatable bonds is 7. The van der Waals surface area contributed by atoms with Crippen LogP contribution >= 0.6 is 0 Å². The molecule has 8 rings (SSSR count). The third kappa shape index (κ3) is 5.17. The van der Waals surface area contributed by atoms with Gasteiger partial charge in [0.2, 0.25) is 0 Å². The highest BCUT2D eigenvalue weighted by molar-refractivity contribution is 5.95. The van der Waals surface area contributed by atoms with Gasteiger partial charge in [-0.1, -0.05) is 46.8 Å². The lowest BCUT2D eigenvalue weighted by Gasteiger charge is -2.73. The second-order valence-corrected chi connectivity index (χ2v) is 20.1. The Labute approximate surface area is 324 Å². The Morgan fingerprint density at radius 2 is 1.64 bits per heavy atom. The molecule has 7 fully saturated rings. The lowest BCUT2D eigenvalue weighted by atomic mass is 9.31. The summed E-state index contributed by atoms with van der Waals surface area (Å²) in [4.78, 5) is 26.8. The Balaban J connectivity index is 1.08. The van der Waals surface area contributed by atoms with Crippen molar-refractivity contribution in [3.8, 4) is 0 Å². The van der Waals surface area contributed by atoms with Crippen LogP contribution in [0.4, 0.5) is 5.69 Å².